The summed E-state index contributed by atoms with van der Waals surface area (Å²) in [6.45, 7) is 6.04. The summed E-state index contributed by atoms with van der Waals surface area (Å²) in [5.74, 6) is 2.18. The molecule has 2 aromatic rings. The molecule has 2 heterocycles. The summed E-state index contributed by atoms with van der Waals surface area (Å²) in [5.41, 5.74) is 3.82. The molecule has 0 amide bonds. The Morgan fingerprint density at radius 1 is 1.20 bits per heavy atom. The number of rotatable bonds is 4. The fourth-order valence-electron chi connectivity index (χ4n) is 2.47. The largest absolute Gasteiger partial charge is 0.481 e. The number of aryl methyl sites for hydroxylation is 3. The van der Waals surface area contributed by atoms with E-state index < -0.39 is 0 Å². The molecule has 0 aromatic carbocycles. The molecule has 2 rings (SSSR count). The minimum atomic E-state index is 0.645. The average Bonchev–Trinajstić information content (AvgIpc) is 2.71. The Kier molecular flexibility index (Phi) is 3.92. The van der Waals surface area contributed by atoms with Gasteiger partial charge in [-0.3, -0.25) is 0 Å². The molecule has 0 saturated carbocycles. The normalized spacial score (nSPS) is 10.7. The molecule has 20 heavy (non-hydrogen) atoms. The lowest BCUT2D eigenvalue weighted by Crippen LogP contribution is -2.05. The Morgan fingerprint density at radius 2 is 1.90 bits per heavy atom. The molecule has 0 aliphatic rings. The Bertz CT molecular complexity index is 633. The molecule has 0 bridgehead atoms. The summed E-state index contributed by atoms with van der Waals surface area (Å²) in [5, 5.41) is 7.52. The molecule has 0 fully saturated rings. The van der Waals surface area contributed by atoms with Crippen LogP contribution in [0.3, 0.4) is 0 Å². The maximum Gasteiger partial charge on any atom is 0.222 e. The third-order valence-electron chi connectivity index (χ3n) is 3.39. The van der Waals surface area contributed by atoms with Crippen LogP contribution in [0, 0.1) is 13.8 Å². The molecule has 0 saturated heterocycles. The number of hydrogen-bond donors (Lipinski definition) is 1. The molecule has 0 aliphatic carbocycles. The fourth-order valence-corrected chi connectivity index (χ4v) is 2.47. The maximum atomic E-state index is 5.42. The highest BCUT2D eigenvalue weighted by molar-refractivity contribution is 5.67. The van der Waals surface area contributed by atoms with Gasteiger partial charge < -0.3 is 10.1 Å². The van der Waals surface area contributed by atoms with Gasteiger partial charge in [-0.1, -0.05) is 6.92 Å². The van der Waals surface area contributed by atoms with Gasteiger partial charge in [0.1, 0.15) is 11.4 Å². The van der Waals surface area contributed by atoms with Crippen molar-refractivity contribution in [3.8, 4) is 17.3 Å². The molecule has 2 aromatic heterocycles. The second-order valence-electron chi connectivity index (χ2n) is 4.66. The molecular formula is C14H21N5O. The zero-order valence-corrected chi connectivity index (χ0v) is 12.9. The molecule has 0 unspecified atom stereocenters. The molecule has 1 N–H and O–H groups in total. The predicted molar refractivity (Wildman–Crippen MR) is 79.2 cm³/mol. The molecule has 108 valence electrons. The molecule has 0 spiro atoms. The fraction of sp³-hybridized carbons (Fsp3) is 0.500. The van der Waals surface area contributed by atoms with Crippen LogP contribution in [0.1, 0.15) is 23.9 Å². The monoisotopic (exact) mass is 275 g/mol. The second kappa shape index (κ2) is 5.48. The molecule has 0 atom stereocenters. The van der Waals surface area contributed by atoms with Crippen LogP contribution in [-0.4, -0.2) is 33.9 Å². The summed E-state index contributed by atoms with van der Waals surface area (Å²) in [4.78, 5) is 9.24. The minimum Gasteiger partial charge on any atom is -0.481 e. The van der Waals surface area contributed by atoms with Crippen LogP contribution in [-0.2, 0) is 13.5 Å². The maximum absolute atomic E-state index is 5.42. The van der Waals surface area contributed by atoms with Crippen molar-refractivity contribution < 1.29 is 4.74 Å². The van der Waals surface area contributed by atoms with Crippen LogP contribution in [0.15, 0.2) is 0 Å². The van der Waals surface area contributed by atoms with Gasteiger partial charge in [-0.2, -0.15) is 5.10 Å². The highest BCUT2D eigenvalue weighted by atomic mass is 16.5. The number of hydrogen-bond acceptors (Lipinski definition) is 5. The van der Waals surface area contributed by atoms with Crippen LogP contribution in [0.25, 0.3) is 11.4 Å². The number of methoxy groups -OCH3 is 1. The van der Waals surface area contributed by atoms with Gasteiger partial charge in [0.15, 0.2) is 5.82 Å². The van der Waals surface area contributed by atoms with Crippen molar-refractivity contribution in [3.63, 3.8) is 0 Å². The van der Waals surface area contributed by atoms with E-state index in [-0.39, 0.29) is 0 Å². The van der Waals surface area contributed by atoms with Crippen LogP contribution in [0.4, 0.5) is 5.82 Å². The zero-order valence-electron chi connectivity index (χ0n) is 12.9. The van der Waals surface area contributed by atoms with E-state index in [0.717, 1.165) is 34.8 Å². The van der Waals surface area contributed by atoms with Gasteiger partial charge in [0.05, 0.1) is 12.8 Å². The first-order valence-electron chi connectivity index (χ1n) is 6.66. The summed E-state index contributed by atoms with van der Waals surface area (Å²) >= 11 is 0. The van der Waals surface area contributed by atoms with Gasteiger partial charge in [-0.05, 0) is 20.3 Å². The van der Waals surface area contributed by atoms with E-state index >= 15 is 0 Å². The number of ether oxygens (including phenoxy) is 1. The van der Waals surface area contributed by atoms with Gasteiger partial charge in [-0.25, -0.2) is 14.6 Å². The summed E-state index contributed by atoms with van der Waals surface area (Å²) < 4.78 is 7.13. The van der Waals surface area contributed by atoms with Crippen molar-refractivity contribution >= 4 is 5.82 Å². The summed E-state index contributed by atoms with van der Waals surface area (Å²) in [6.07, 6.45) is 0.894. The number of nitrogens with one attached hydrogen (secondary N) is 1. The van der Waals surface area contributed by atoms with Crippen LogP contribution in [0.5, 0.6) is 5.88 Å². The van der Waals surface area contributed by atoms with Gasteiger partial charge in [0.2, 0.25) is 5.88 Å². The molecule has 0 radical (unpaired) electrons. The van der Waals surface area contributed by atoms with Crippen molar-refractivity contribution in [1.29, 1.82) is 0 Å². The molecule has 0 aliphatic heterocycles. The zero-order chi connectivity index (χ0) is 14.9. The van der Waals surface area contributed by atoms with Crippen molar-refractivity contribution in [2.45, 2.75) is 27.2 Å². The van der Waals surface area contributed by atoms with E-state index in [2.05, 4.69) is 27.3 Å². The molecule has 6 nitrogen and oxygen atoms in total. The smallest absolute Gasteiger partial charge is 0.222 e. The lowest BCUT2D eigenvalue weighted by atomic mass is 10.1. The predicted octanol–water partition coefficient (Wildman–Crippen LogP) is 2.11. The summed E-state index contributed by atoms with van der Waals surface area (Å²) in [6, 6.07) is 0. The van der Waals surface area contributed by atoms with Crippen molar-refractivity contribution in [2.75, 3.05) is 19.5 Å². The SMILES string of the molecule is CCc1c(C)nc(-c2c(C)nn(C)c2OC)nc1NC. The van der Waals surface area contributed by atoms with Gasteiger partial charge in [0.25, 0.3) is 0 Å². The van der Waals surface area contributed by atoms with E-state index in [1.807, 2.05) is 27.9 Å². The van der Waals surface area contributed by atoms with Crippen molar-refractivity contribution in [2.24, 2.45) is 7.05 Å². The summed E-state index contributed by atoms with van der Waals surface area (Å²) in [7, 11) is 5.35. The number of anilines is 1. The quantitative estimate of drug-likeness (QED) is 0.925. The Morgan fingerprint density at radius 3 is 2.45 bits per heavy atom. The topological polar surface area (TPSA) is 64.9 Å². The average molecular weight is 275 g/mol. The Labute approximate surface area is 119 Å². The third-order valence-corrected chi connectivity index (χ3v) is 3.39. The lowest BCUT2D eigenvalue weighted by molar-refractivity contribution is 0.374. The first-order valence-corrected chi connectivity index (χ1v) is 6.66. The third kappa shape index (κ3) is 2.21. The van der Waals surface area contributed by atoms with Crippen molar-refractivity contribution in [3.05, 3.63) is 17.0 Å². The second-order valence-corrected chi connectivity index (χ2v) is 4.66. The van der Waals surface area contributed by atoms with Crippen LogP contribution in [0.2, 0.25) is 0 Å². The van der Waals surface area contributed by atoms with Crippen molar-refractivity contribution in [1.82, 2.24) is 19.7 Å². The standard InChI is InChI=1S/C14H21N5O/c1-7-10-8(2)16-13(17-12(10)15-4)11-9(3)18-19(5)14(11)20-6/h7H2,1-6H3,(H,15,16,17). The highest BCUT2D eigenvalue weighted by Gasteiger charge is 2.20. The van der Waals surface area contributed by atoms with Crippen LogP contribution >= 0.6 is 0 Å². The van der Waals surface area contributed by atoms with Gasteiger partial charge in [0, 0.05) is 25.4 Å². The lowest BCUT2D eigenvalue weighted by Gasteiger charge is -2.12. The number of nitrogens with zero attached hydrogens (tertiary/aromatic N) is 4. The van der Waals surface area contributed by atoms with E-state index in [4.69, 9.17) is 4.74 Å². The molecular weight excluding hydrogens is 254 g/mol. The van der Waals surface area contributed by atoms with E-state index in [9.17, 15) is 0 Å². The minimum absolute atomic E-state index is 0.645. The number of aromatic nitrogens is 4. The van der Waals surface area contributed by atoms with E-state index in [1.165, 1.54) is 0 Å². The van der Waals surface area contributed by atoms with Crippen LogP contribution < -0.4 is 10.1 Å². The Balaban J connectivity index is 2.68. The van der Waals surface area contributed by atoms with Gasteiger partial charge >= 0.3 is 0 Å². The Hall–Kier alpha value is -2.11. The van der Waals surface area contributed by atoms with E-state index in [1.54, 1.807) is 11.8 Å². The first-order chi connectivity index (χ1) is 9.53. The van der Waals surface area contributed by atoms with Gasteiger partial charge in [-0.15, -0.1) is 0 Å². The first kappa shape index (κ1) is 14.3. The van der Waals surface area contributed by atoms with E-state index in [0.29, 0.717) is 11.7 Å². The highest BCUT2D eigenvalue weighted by Crippen LogP contribution is 2.32. The molecule has 6 heteroatoms.